The van der Waals surface area contributed by atoms with Gasteiger partial charge >= 0.3 is 0 Å². The Morgan fingerprint density at radius 2 is 1.13 bits per heavy atom. The molecule has 23 heavy (non-hydrogen) atoms. The topological polar surface area (TPSA) is 47.6 Å². The molecule has 4 heteroatoms. The van der Waals surface area contributed by atoms with E-state index in [1.165, 1.54) is 34.7 Å². The maximum atomic E-state index is 9.12. The van der Waals surface area contributed by atoms with E-state index in [0.29, 0.717) is 0 Å². The van der Waals surface area contributed by atoms with Crippen LogP contribution in [0.5, 0.6) is 0 Å². The van der Waals surface area contributed by atoms with Crippen molar-refractivity contribution in [1.82, 2.24) is 0 Å². The Morgan fingerprint density at radius 1 is 0.739 bits per heavy atom. The Bertz CT molecular complexity index is 704. The van der Waals surface area contributed by atoms with E-state index < -0.39 is 0 Å². The second-order valence-electron chi connectivity index (χ2n) is 5.08. The van der Waals surface area contributed by atoms with E-state index in [1.54, 1.807) is 0 Å². The number of benzene rings is 2. The average molecular weight is 339 g/mol. The molecule has 0 saturated heterocycles. The van der Waals surface area contributed by atoms with Crippen LogP contribution in [0.15, 0.2) is 46.2 Å². The number of thiocyanates is 2. The Morgan fingerprint density at radius 3 is 1.48 bits per heavy atom. The molecule has 0 aliphatic carbocycles. The maximum absolute atomic E-state index is 9.12. The van der Waals surface area contributed by atoms with Gasteiger partial charge in [-0.1, -0.05) is 50.2 Å². The summed E-state index contributed by atoms with van der Waals surface area (Å²) in [6.07, 6.45) is 2.56. The predicted octanol–water partition coefficient (Wildman–Crippen LogP) is 5.55. The summed E-state index contributed by atoms with van der Waals surface area (Å²) in [6, 6.07) is 12.4. The van der Waals surface area contributed by atoms with Crippen LogP contribution in [-0.2, 0) is 19.3 Å². The highest BCUT2D eigenvalue weighted by atomic mass is 32.2. The van der Waals surface area contributed by atoms with Gasteiger partial charge in [0.05, 0.1) is 0 Å². The van der Waals surface area contributed by atoms with Crippen LogP contribution in [0.1, 0.15) is 36.1 Å². The normalized spacial score (nSPS) is 10.1. The molecule has 0 radical (unpaired) electrons. The second kappa shape index (κ2) is 8.67. The van der Waals surface area contributed by atoms with Crippen LogP contribution in [0.3, 0.4) is 0 Å². The van der Waals surface area contributed by atoms with E-state index >= 15 is 0 Å². The standard InChI is InChI=1S/C19H18N2S2/c1-3-14-7-5-9-16(18(14)22-12-20)11-17-10-6-8-15(4-2)19(17)23-13-21/h5-10H,3-4,11H2,1-2H3. The molecule has 0 N–H and O–H groups in total. The smallest absolute Gasteiger partial charge is 0.138 e. The molecule has 0 amide bonds. The number of rotatable bonds is 6. The van der Waals surface area contributed by atoms with Gasteiger partial charge in [-0.2, -0.15) is 10.5 Å². The average Bonchev–Trinajstić information content (AvgIpc) is 2.58. The highest BCUT2D eigenvalue weighted by Gasteiger charge is 2.13. The minimum atomic E-state index is 0.746. The van der Waals surface area contributed by atoms with Crippen molar-refractivity contribution in [2.45, 2.75) is 42.9 Å². The largest absolute Gasteiger partial charge is 0.185 e. The number of hydrogen-bond donors (Lipinski definition) is 0. The van der Waals surface area contributed by atoms with Gasteiger partial charge < -0.3 is 0 Å². The van der Waals surface area contributed by atoms with E-state index in [-0.39, 0.29) is 0 Å². The zero-order valence-electron chi connectivity index (χ0n) is 13.3. The summed E-state index contributed by atoms with van der Waals surface area (Å²) in [5.74, 6) is 0. The lowest BCUT2D eigenvalue weighted by Crippen LogP contribution is -1.98. The minimum absolute atomic E-state index is 0.746. The minimum Gasteiger partial charge on any atom is -0.185 e. The van der Waals surface area contributed by atoms with Crippen LogP contribution in [0.2, 0.25) is 0 Å². The van der Waals surface area contributed by atoms with Crippen molar-refractivity contribution in [2.24, 2.45) is 0 Å². The number of nitriles is 2. The predicted molar refractivity (Wildman–Crippen MR) is 97.4 cm³/mol. The zero-order valence-corrected chi connectivity index (χ0v) is 14.9. The third-order valence-corrected chi connectivity index (χ3v) is 5.43. The molecule has 2 nitrogen and oxygen atoms in total. The highest BCUT2D eigenvalue weighted by Crippen LogP contribution is 2.33. The van der Waals surface area contributed by atoms with Gasteiger partial charge in [-0.25, -0.2) is 0 Å². The first kappa shape index (κ1) is 17.5. The molecule has 0 aliphatic heterocycles. The molecule has 0 atom stereocenters. The summed E-state index contributed by atoms with van der Waals surface area (Å²) in [5, 5.41) is 22.6. The number of aryl methyl sites for hydroxylation is 2. The summed E-state index contributed by atoms with van der Waals surface area (Å²) in [7, 11) is 0. The molecule has 2 rings (SSSR count). The Labute approximate surface area is 146 Å². The molecular weight excluding hydrogens is 320 g/mol. The first-order valence-electron chi connectivity index (χ1n) is 7.58. The molecule has 0 heterocycles. The van der Waals surface area contributed by atoms with Crippen LogP contribution >= 0.6 is 23.5 Å². The van der Waals surface area contributed by atoms with Crippen molar-refractivity contribution in [1.29, 1.82) is 10.5 Å². The van der Waals surface area contributed by atoms with Gasteiger partial charge in [0, 0.05) is 9.79 Å². The molecule has 0 fully saturated rings. The zero-order chi connectivity index (χ0) is 16.7. The summed E-state index contributed by atoms with van der Waals surface area (Å²) in [5.41, 5.74) is 4.72. The monoisotopic (exact) mass is 338 g/mol. The quantitative estimate of drug-likeness (QED) is 0.512. The van der Waals surface area contributed by atoms with E-state index in [4.69, 9.17) is 10.5 Å². The molecule has 116 valence electrons. The third kappa shape index (κ3) is 4.10. The van der Waals surface area contributed by atoms with Crippen molar-refractivity contribution >= 4 is 23.5 Å². The van der Waals surface area contributed by atoms with Gasteiger partial charge in [-0.3, -0.25) is 0 Å². The van der Waals surface area contributed by atoms with Crippen molar-refractivity contribution in [3.8, 4) is 10.8 Å². The van der Waals surface area contributed by atoms with E-state index in [1.807, 2.05) is 0 Å². The van der Waals surface area contributed by atoms with Crippen LogP contribution in [0.25, 0.3) is 0 Å². The molecule has 0 unspecified atom stereocenters. The second-order valence-corrected chi connectivity index (χ2v) is 6.67. The van der Waals surface area contributed by atoms with Gasteiger partial charge in [0.15, 0.2) is 0 Å². The lowest BCUT2D eigenvalue weighted by Gasteiger charge is -2.14. The van der Waals surface area contributed by atoms with Gasteiger partial charge in [0.1, 0.15) is 10.8 Å². The van der Waals surface area contributed by atoms with Crippen molar-refractivity contribution in [3.63, 3.8) is 0 Å². The first-order chi connectivity index (χ1) is 11.2. The first-order valence-corrected chi connectivity index (χ1v) is 9.21. The van der Waals surface area contributed by atoms with Gasteiger partial charge in [-0.05, 0) is 65.0 Å². The van der Waals surface area contributed by atoms with Crippen LogP contribution in [0, 0.1) is 21.3 Å². The molecule has 0 saturated carbocycles. The fraction of sp³-hybridized carbons (Fsp3) is 0.263. The SMILES string of the molecule is CCc1cccc(Cc2cccc(CC)c2SC#N)c1SC#N. The Kier molecular flexibility index (Phi) is 6.59. The molecule has 2 aromatic carbocycles. The van der Waals surface area contributed by atoms with Crippen molar-refractivity contribution < 1.29 is 0 Å². The van der Waals surface area contributed by atoms with Crippen LogP contribution < -0.4 is 0 Å². The molecular formula is C19H18N2S2. The molecule has 0 aromatic heterocycles. The molecule has 0 spiro atoms. The van der Waals surface area contributed by atoms with E-state index in [2.05, 4.69) is 61.0 Å². The fourth-order valence-electron chi connectivity index (χ4n) is 2.67. The maximum Gasteiger partial charge on any atom is 0.138 e. The van der Waals surface area contributed by atoms with Crippen molar-refractivity contribution in [3.05, 3.63) is 58.7 Å². The Balaban J connectivity index is 2.48. The lowest BCUT2D eigenvalue weighted by molar-refractivity contribution is 0.992. The van der Waals surface area contributed by atoms with Crippen LogP contribution in [-0.4, -0.2) is 0 Å². The van der Waals surface area contributed by atoms with Crippen LogP contribution in [0.4, 0.5) is 0 Å². The van der Waals surface area contributed by atoms with E-state index in [9.17, 15) is 0 Å². The number of thioether (sulfide) groups is 2. The summed E-state index contributed by atoms with van der Waals surface area (Å²) in [6.45, 7) is 4.21. The summed E-state index contributed by atoms with van der Waals surface area (Å²) < 4.78 is 0. The summed E-state index contributed by atoms with van der Waals surface area (Å²) in [4.78, 5) is 2.12. The van der Waals surface area contributed by atoms with Gasteiger partial charge in [0.25, 0.3) is 0 Å². The number of nitrogens with zero attached hydrogens (tertiary/aromatic N) is 2. The fourth-order valence-corrected chi connectivity index (χ4v) is 4.08. The van der Waals surface area contributed by atoms with Gasteiger partial charge in [-0.15, -0.1) is 0 Å². The van der Waals surface area contributed by atoms with Crippen molar-refractivity contribution in [2.75, 3.05) is 0 Å². The van der Waals surface area contributed by atoms with E-state index in [0.717, 1.165) is 40.2 Å². The summed E-state index contributed by atoms with van der Waals surface area (Å²) >= 11 is 2.47. The van der Waals surface area contributed by atoms with Gasteiger partial charge in [0.2, 0.25) is 0 Å². The molecule has 0 bridgehead atoms. The molecule has 2 aromatic rings. The number of hydrogen-bond acceptors (Lipinski definition) is 4. The molecule has 0 aliphatic rings. The third-order valence-electron chi connectivity index (χ3n) is 3.79. The highest BCUT2D eigenvalue weighted by molar-refractivity contribution is 8.04. The lowest BCUT2D eigenvalue weighted by atomic mass is 9.99. The Hall–Kier alpha value is -1.88.